The summed E-state index contributed by atoms with van der Waals surface area (Å²) < 4.78 is 6.72. The molecular weight excluding hydrogens is 320 g/mol. The van der Waals surface area contributed by atoms with Crippen molar-refractivity contribution in [1.82, 2.24) is 0 Å². The van der Waals surface area contributed by atoms with Crippen LogP contribution in [0.1, 0.15) is 16.7 Å². The fourth-order valence-electron chi connectivity index (χ4n) is 3.33. The average molecular weight is 345 g/mol. The third-order valence-corrected chi connectivity index (χ3v) is 8.58. The van der Waals surface area contributed by atoms with Crippen molar-refractivity contribution >= 4 is 18.7 Å². The second kappa shape index (κ2) is 7.64. The van der Waals surface area contributed by atoms with Crippen molar-refractivity contribution in [3.63, 3.8) is 0 Å². The Morgan fingerprint density at radius 2 is 1.24 bits per heavy atom. The van der Waals surface area contributed by atoms with E-state index in [0.717, 1.165) is 0 Å². The number of hydrogen-bond donors (Lipinski definition) is 0. The van der Waals surface area contributed by atoms with Gasteiger partial charge in [0.1, 0.15) is 0 Å². The molecule has 126 valence electrons. The van der Waals surface area contributed by atoms with Crippen molar-refractivity contribution in [3.05, 3.63) is 108 Å². The monoisotopic (exact) mass is 344 g/mol. The molecule has 0 radical (unpaired) electrons. The summed E-state index contributed by atoms with van der Waals surface area (Å²) in [5.74, 6) is 0. The van der Waals surface area contributed by atoms with Crippen LogP contribution in [0.5, 0.6) is 0 Å². The first-order valence-electron chi connectivity index (χ1n) is 8.61. The summed E-state index contributed by atoms with van der Waals surface area (Å²) in [6.07, 6.45) is 0. The second-order valence-electron chi connectivity index (χ2n) is 6.34. The van der Waals surface area contributed by atoms with Crippen LogP contribution in [0.15, 0.2) is 91.1 Å². The van der Waals surface area contributed by atoms with Gasteiger partial charge < -0.3 is 4.43 Å². The lowest BCUT2D eigenvalue weighted by Crippen LogP contribution is -2.61. The van der Waals surface area contributed by atoms with Crippen molar-refractivity contribution in [2.45, 2.75) is 20.5 Å². The van der Waals surface area contributed by atoms with E-state index in [1.54, 1.807) is 0 Å². The fourth-order valence-corrected chi connectivity index (χ4v) is 6.91. The maximum atomic E-state index is 6.72. The SMILES string of the molecule is C=C[Si](OCc1ccccc1)(c1ccccc1C)c1ccccc1C. The molecule has 0 bridgehead atoms. The molecule has 0 saturated carbocycles. The molecule has 2 heteroatoms. The molecule has 3 aromatic carbocycles. The smallest absolute Gasteiger partial charge is 0.281 e. The highest BCUT2D eigenvalue weighted by Gasteiger charge is 2.38. The molecular formula is C23H24OSi. The molecule has 0 fully saturated rings. The molecule has 0 heterocycles. The molecule has 3 rings (SSSR count). The standard InChI is InChI=1S/C23H24OSi/c1-4-25(22-16-10-8-12-19(22)2,23-17-11-9-13-20(23)3)24-18-21-14-6-5-7-15-21/h4-17H,1,18H2,2-3H3. The van der Waals surface area contributed by atoms with Crippen LogP contribution >= 0.6 is 0 Å². The van der Waals surface area contributed by atoms with Crippen LogP contribution in [-0.2, 0) is 11.0 Å². The summed E-state index contributed by atoms with van der Waals surface area (Å²) in [5, 5.41) is 2.55. The zero-order chi connectivity index (χ0) is 17.7. The van der Waals surface area contributed by atoms with E-state index in [0.29, 0.717) is 6.61 Å². The topological polar surface area (TPSA) is 9.23 Å². The van der Waals surface area contributed by atoms with E-state index in [9.17, 15) is 0 Å². The third-order valence-electron chi connectivity index (χ3n) is 4.69. The Labute approximate surface area is 151 Å². The summed E-state index contributed by atoms with van der Waals surface area (Å²) in [6.45, 7) is 9.12. The van der Waals surface area contributed by atoms with Crippen molar-refractivity contribution in [2.24, 2.45) is 0 Å². The summed E-state index contributed by atoms with van der Waals surface area (Å²) >= 11 is 0. The Hall–Kier alpha value is -2.42. The normalized spacial score (nSPS) is 11.3. The van der Waals surface area contributed by atoms with Crippen LogP contribution in [0.25, 0.3) is 0 Å². The molecule has 0 N–H and O–H groups in total. The van der Waals surface area contributed by atoms with Gasteiger partial charge in [0.05, 0.1) is 6.61 Å². The predicted molar refractivity (Wildman–Crippen MR) is 109 cm³/mol. The highest BCUT2D eigenvalue weighted by atomic mass is 28.4. The highest BCUT2D eigenvalue weighted by molar-refractivity contribution is 7.01. The molecule has 25 heavy (non-hydrogen) atoms. The summed E-state index contributed by atoms with van der Waals surface area (Å²) in [6, 6.07) is 27.4. The Bertz CT molecular complexity index is 809. The van der Waals surface area contributed by atoms with Crippen molar-refractivity contribution < 1.29 is 4.43 Å². The van der Waals surface area contributed by atoms with Gasteiger partial charge in [-0.15, -0.1) is 6.58 Å². The lowest BCUT2D eigenvalue weighted by atomic mass is 10.2. The molecule has 0 aromatic heterocycles. The Morgan fingerprint density at radius 3 is 1.72 bits per heavy atom. The van der Waals surface area contributed by atoms with Crippen LogP contribution in [0.2, 0.25) is 0 Å². The third kappa shape index (κ3) is 3.50. The van der Waals surface area contributed by atoms with Crippen molar-refractivity contribution in [1.29, 1.82) is 0 Å². The van der Waals surface area contributed by atoms with Crippen LogP contribution < -0.4 is 10.4 Å². The lowest BCUT2D eigenvalue weighted by molar-refractivity contribution is 0.311. The lowest BCUT2D eigenvalue weighted by Gasteiger charge is -2.32. The Balaban J connectivity index is 2.12. The quantitative estimate of drug-likeness (QED) is 0.606. The number of benzene rings is 3. The van der Waals surface area contributed by atoms with Crippen LogP contribution in [0, 0.1) is 13.8 Å². The molecule has 0 saturated heterocycles. The molecule has 0 aliphatic rings. The fraction of sp³-hybridized carbons (Fsp3) is 0.130. The van der Waals surface area contributed by atoms with E-state index in [4.69, 9.17) is 4.43 Å². The molecule has 0 atom stereocenters. The molecule has 0 aliphatic carbocycles. The molecule has 3 aromatic rings. The average Bonchev–Trinajstić information content (AvgIpc) is 2.66. The maximum absolute atomic E-state index is 6.72. The highest BCUT2D eigenvalue weighted by Crippen LogP contribution is 2.16. The van der Waals surface area contributed by atoms with Crippen molar-refractivity contribution in [2.75, 3.05) is 0 Å². The Morgan fingerprint density at radius 1 is 0.760 bits per heavy atom. The molecule has 0 unspecified atom stereocenters. The number of rotatable bonds is 6. The summed E-state index contributed by atoms with van der Waals surface area (Å²) in [4.78, 5) is 0. The molecule has 0 aliphatic heterocycles. The van der Waals surface area contributed by atoms with Crippen molar-refractivity contribution in [3.8, 4) is 0 Å². The maximum Gasteiger partial charge on any atom is 0.281 e. The predicted octanol–water partition coefficient (Wildman–Crippen LogP) is 4.31. The minimum absolute atomic E-state index is 0.585. The summed E-state index contributed by atoms with van der Waals surface area (Å²) in [7, 11) is -2.53. The van der Waals surface area contributed by atoms with E-state index in [1.807, 2.05) is 6.07 Å². The minimum atomic E-state index is -2.53. The minimum Gasteiger partial charge on any atom is -0.400 e. The van der Waals surface area contributed by atoms with E-state index in [-0.39, 0.29) is 0 Å². The first kappa shape index (κ1) is 17.4. The largest absolute Gasteiger partial charge is 0.400 e. The van der Waals surface area contributed by atoms with Gasteiger partial charge in [-0.25, -0.2) is 0 Å². The Kier molecular flexibility index (Phi) is 5.32. The first-order valence-corrected chi connectivity index (χ1v) is 10.6. The molecule has 0 amide bonds. The second-order valence-corrected chi connectivity index (χ2v) is 9.59. The van der Waals surface area contributed by atoms with Gasteiger partial charge in [0, 0.05) is 0 Å². The van der Waals surface area contributed by atoms with Gasteiger partial charge in [0.25, 0.3) is 8.32 Å². The number of hydrogen-bond acceptors (Lipinski definition) is 1. The zero-order valence-corrected chi connectivity index (χ0v) is 15.9. The van der Waals surface area contributed by atoms with Crippen LogP contribution in [-0.4, -0.2) is 8.32 Å². The van der Waals surface area contributed by atoms with Gasteiger partial charge in [0.15, 0.2) is 0 Å². The van der Waals surface area contributed by atoms with Crippen LogP contribution in [0.4, 0.5) is 0 Å². The van der Waals surface area contributed by atoms with Gasteiger partial charge in [0.2, 0.25) is 0 Å². The van der Waals surface area contributed by atoms with E-state index < -0.39 is 8.32 Å². The van der Waals surface area contributed by atoms with E-state index in [1.165, 1.54) is 27.1 Å². The molecule has 0 spiro atoms. The number of aryl methyl sites for hydroxylation is 2. The van der Waals surface area contributed by atoms with E-state index >= 15 is 0 Å². The first-order chi connectivity index (χ1) is 12.2. The van der Waals surface area contributed by atoms with Gasteiger partial charge >= 0.3 is 0 Å². The van der Waals surface area contributed by atoms with Crippen LogP contribution in [0.3, 0.4) is 0 Å². The van der Waals surface area contributed by atoms with Gasteiger partial charge in [-0.1, -0.05) is 84.6 Å². The van der Waals surface area contributed by atoms with Gasteiger partial charge in [-0.2, -0.15) is 0 Å². The summed E-state index contributed by atoms with van der Waals surface area (Å²) in [5.41, 5.74) is 5.76. The van der Waals surface area contributed by atoms with Gasteiger partial charge in [-0.05, 0) is 40.9 Å². The van der Waals surface area contributed by atoms with E-state index in [2.05, 4.69) is 98.9 Å². The van der Waals surface area contributed by atoms with Gasteiger partial charge in [-0.3, -0.25) is 0 Å². The zero-order valence-electron chi connectivity index (χ0n) is 14.9. The molecule has 1 nitrogen and oxygen atoms in total.